The van der Waals surface area contributed by atoms with Gasteiger partial charge in [0.15, 0.2) is 0 Å². The minimum atomic E-state index is -0.0615. The number of carbonyl (C=O) groups excluding carboxylic acids is 1. The molecule has 0 radical (unpaired) electrons. The van der Waals surface area contributed by atoms with Crippen LogP contribution in [-0.4, -0.2) is 68.1 Å². The van der Waals surface area contributed by atoms with Crippen molar-refractivity contribution in [2.45, 2.75) is 37.6 Å². The van der Waals surface area contributed by atoms with E-state index in [-0.39, 0.29) is 11.4 Å². The first-order chi connectivity index (χ1) is 12.5. The zero-order valence-corrected chi connectivity index (χ0v) is 16.6. The molecule has 1 aliphatic carbocycles. The van der Waals surface area contributed by atoms with Gasteiger partial charge in [0.1, 0.15) is 5.75 Å². The Morgan fingerprint density at radius 1 is 1.19 bits per heavy atom. The van der Waals surface area contributed by atoms with Crippen molar-refractivity contribution in [3.8, 4) is 5.75 Å². The van der Waals surface area contributed by atoms with Crippen LogP contribution in [0.5, 0.6) is 5.75 Å². The van der Waals surface area contributed by atoms with Gasteiger partial charge < -0.3 is 15.0 Å². The van der Waals surface area contributed by atoms with Crippen molar-refractivity contribution in [2.75, 3.05) is 46.9 Å². The van der Waals surface area contributed by atoms with E-state index in [1.807, 2.05) is 0 Å². The van der Waals surface area contributed by atoms with Crippen molar-refractivity contribution in [2.24, 2.45) is 0 Å². The number of piperazine rings is 1. The normalized spacial score (nSPS) is 21.3. The highest BCUT2D eigenvalue weighted by molar-refractivity contribution is 6.32. The van der Waals surface area contributed by atoms with Gasteiger partial charge in [0.2, 0.25) is 0 Å². The Balaban J connectivity index is 1.67. The van der Waals surface area contributed by atoms with Crippen LogP contribution in [-0.2, 0) is 0 Å². The number of nitrogens with zero attached hydrogens (tertiary/aromatic N) is 2. The van der Waals surface area contributed by atoms with Crippen LogP contribution in [0.1, 0.15) is 42.5 Å². The fourth-order valence-electron chi connectivity index (χ4n) is 4.25. The van der Waals surface area contributed by atoms with Crippen molar-refractivity contribution in [3.05, 3.63) is 28.8 Å². The molecule has 0 unspecified atom stereocenters. The minimum absolute atomic E-state index is 0.0615. The van der Waals surface area contributed by atoms with Gasteiger partial charge in [-0.3, -0.25) is 9.69 Å². The van der Waals surface area contributed by atoms with E-state index in [4.69, 9.17) is 16.3 Å². The van der Waals surface area contributed by atoms with Gasteiger partial charge in [0, 0.05) is 43.8 Å². The quantitative estimate of drug-likeness (QED) is 0.854. The molecule has 1 aromatic rings. The molecule has 2 aliphatic rings. The predicted octanol–water partition coefficient (Wildman–Crippen LogP) is 3.03. The molecule has 0 atom stereocenters. The van der Waals surface area contributed by atoms with Crippen molar-refractivity contribution in [1.82, 2.24) is 15.1 Å². The zero-order chi connectivity index (χ0) is 18.6. The fourth-order valence-corrected chi connectivity index (χ4v) is 4.51. The van der Waals surface area contributed by atoms with E-state index in [0.29, 0.717) is 22.9 Å². The van der Waals surface area contributed by atoms with Gasteiger partial charge in [-0.15, -0.1) is 0 Å². The third kappa shape index (κ3) is 4.33. The Morgan fingerprint density at radius 3 is 2.50 bits per heavy atom. The molecule has 1 aromatic carbocycles. The van der Waals surface area contributed by atoms with Gasteiger partial charge in [-0.1, -0.05) is 30.9 Å². The fraction of sp³-hybridized carbons (Fsp3) is 0.650. The van der Waals surface area contributed by atoms with Crippen LogP contribution >= 0.6 is 11.6 Å². The van der Waals surface area contributed by atoms with Crippen LogP contribution < -0.4 is 10.1 Å². The summed E-state index contributed by atoms with van der Waals surface area (Å²) < 4.78 is 5.16. The summed E-state index contributed by atoms with van der Waals surface area (Å²) in [6.45, 7) is 5.08. The van der Waals surface area contributed by atoms with E-state index < -0.39 is 0 Å². The molecule has 3 rings (SSSR count). The molecule has 1 N–H and O–H groups in total. The molecular formula is C20H30ClN3O2. The lowest BCUT2D eigenvalue weighted by molar-refractivity contribution is 0.0138. The summed E-state index contributed by atoms with van der Waals surface area (Å²) in [6, 6.07) is 5.19. The highest BCUT2D eigenvalue weighted by atomic mass is 35.5. The molecule has 1 heterocycles. The minimum Gasteiger partial charge on any atom is -0.495 e. The lowest BCUT2D eigenvalue weighted by Gasteiger charge is -2.49. The van der Waals surface area contributed by atoms with Gasteiger partial charge >= 0.3 is 0 Å². The van der Waals surface area contributed by atoms with Gasteiger partial charge in [-0.05, 0) is 38.1 Å². The second-order valence-corrected chi connectivity index (χ2v) is 8.01. The lowest BCUT2D eigenvalue weighted by Crippen LogP contribution is -2.61. The van der Waals surface area contributed by atoms with Crippen LogP contribution in [0.25, 0.3) is 0 Å². The largest absolute Gasteiger partial charge is 0.495 e. The summed E-state index contributed by atoms with van der Waals surface area (Å²) in [6.07, 6.45) is 6.13. The van der Waals surface area contributed by atoms with Crippen LogP contribution in [0.2, 0.25) is 5.02 Å². The number of halogens is 1. The van der Waals surface area contributed by atoms with Gasteiger partial charge in [-0.2, -0.15) is 0 Å². The van der Waals surface area contributed by atoms with Crippen LogP contribution in [0.4, 0.5) is 0 Å². The summed E-state index contributed by atoms with van der Waals surface area (Å²) in [5.74, 6) is 0.526. The van der Waals surface area contributed by atoms with E-state index in [1.54, 1.807) is 25.3 Å². The number of hydrogen-bond acceptors (Lipinski definition) is 4. The maximum absolute atomic E-state index is 12.7. The Hall–Kier alpha value is -1.30. The van der Waals surface area contributed by atoms with Crippen LogP contribution in [0, 0.1) is 0 Å². The third-order valence-corrected chi connectivity index (χ3v) is 6.25. The number of benzene rings is 1. The molecule has 1 aliphatic heterocycles. The Kier molecular flexibility index (Phi) is 6.43. The van der Waals surface area contributed by atoms with Crippen LogP contribution in [0.3, 0.4) is 0 Å². The van der Waals surface area contributed by atoms with Gasteiger partial charge in [0.05, 0.1) is 12.1 Å². The maximum atomic E-state index is 12.7. The topological polar surface area (TPSA) is 44.8 Å². The number of rotatable bonds is 5. The zero-order valence-electron chi connectivity index (χ0n) is 15.9. The Morgan fingerprint density at radius 2 is 1.88 bits per heavy atom. The summed E-state index contributed by atoms with van der Waals surface area (Å²) in [5.41, 5.74) is 0.686. The summed E-state index contributed by atoms with van der Waals surface area (Å²) in [4.78, 5) is 17.7. The van der Waals surface area contributed by atoms with Crippen molar-refractivity contribution < 1.29 is 9.53 Å². The second kappa shape index (κ2) is 8.59. The molecule has 5 nitrogen and oxygen atoms in total. The Bertz CT molecular complexity index is 623. The number of carbonyl (C=O) groups is 1. The highest BCUT2D eigenvalue weighted by Gasteiger charge is 2.39. The van der Waals surface area contributed by atoms with Crippen molar-refractivity contribution in [1.29, 1.82) is 0 Å². The van der Waals surface area contributed by atoms with Crippen LogP contribution in [0.15, 0.2) is 18.2 Å². The number of methoxy groups -OCH3 is 1. The molecular weight excluding hydrogens is 350 g/mol. The summed E-state index contributed by atoms with van der Waals surface area (Å²) in [5, 5.41) is 3.65. The SMILES string of the molecule is COc1ccc(C(=O)NCC2(N3CCN(C)CC3)CCCCC2)cc1Cl. The van der Waals surface area contributed by atoms with Crippen molar-refractivity contribution >= 4 is 17.5 Å². The molecule has 1 saturated heterocycles. The standard InChI is InChI=1S/C20H30ClN3O2/c1-23-10-12-24(13-11-23)20(8-4-3-5-9-20)15-22-19(25)16-6-7-18(26-2)17(21)14-16/h6-7,14H,3-5,8-13,15H2,1-2H3,(H,22,25). The molecule has 1 amide bonds. The summed E-state index contributed by atoms with van der Waals surface area (Å²) >= 11 is 6.17. The number of likely N-dealkylation sites (N-methyl/N-ethyl adjacent to an activating group) is 1. The number of nitrogens with one attached hydrogen (secondary N) is 1. The van der Waals surface area contributed by atoms with E-state index in [1.165, 1.54) is 32.1 Å². The number of amides is 1. The molecule has 1 saturated carbocycles. The first-order valence-electron chi connectivity index (χ1n) is 9.59. The maximum Gasteiger partial charge on any atom is 0.251 e. The van der Waals surface area contributed by atoms with Gasteiger partial charge in [-0.25, -0.2) is 0 Å². The van der Waals surface area contributed by atoms with Crippen molar-refractivity contribution in [3.63, 3.8) is 0 Å². The van der Waals surface area contributed by atoms with E-state index in [0.717, 1.165) is 26.2 Å². The first kappa shape index (κ1) is 19.5. The average Bonchev–Trinajstić information content (AvgIpc) is 2.67. The second-order valence-electron chi connectivity index (χ2n) is 7.61. The molecule has 0 aromatic heterocycles. The molecule has 6 heteroatoms. The number of hydrogen-bond donors (Lipinski definition) is 1. The third-order valence-electron chi connectivity index (χ3n) is 5.95. The smallest absolute Gasteiger partial charge is 0.251 e. The molecule has 0 spiro atoms. The van der Waals surface area contributed by atoms with E-state index in [9.17, 15) is 4.79 Å². The molecule has 144 valence electrons. The highest BCUT2D eigenvalue weighted by Crippen LogP contribution is 2.34. The number of ether oxygens (including phenoxy) is 1. The first-order valence-corrected chi connectivity index (χ1v) is 9.97. The molecule has 26 heavy (non-hydrogen) atoms. The van der Waals surface area contributed by atoms with E-state index in [2.05, 4.69) is 22.2 Å². The van der Waals surface area contributed by atoms with Gasteiger partial charge in [0.25, 0.3) is 5.91 Å². The Labute approximate surface area is 161 Å². The average molecular weight is 380 g/mol. The monoisotopic (exact) mass is 379 g/mol. The lowest BCUT2D eigenvalue weighted by atomic mass is 9.79. The molecule has 2 fully saturated rings. The van der Waals surface area contributed by atoms with E-state index >= 15 is 0 Å². The summed E-state index contributed by atoms with van der Waals surface area (Å²) in [7, 11) is 3.75. The molecule has 0 bridgehead atoms. The predicted molar refractivity (Wildman–Crippen MR) is 105 cm³/mol.